The molecule has 30 heavy (non-hydrogen) atoms. The van der Waals surface area contributed by atoms with Crippen molar-refractivity contribution in [2.75, 3.05) is 13.7 Å². The maximum absolute atomic E-state index is 12.7. The Morgan fingerprint density at radius 3 is 2.43 bits per heavy atom. The second-order valence-electron chi connectivity index (χ2n) is 8.02. The number of allylic oxidation sites excluding steroid dienone is 1. The van der Waals surface area contributed by atoms with Crippen LogP contribution in [-0.2, 0) is 30.4 Å². The van der Waals surface area contributed by atoms with Crippen molar-refractivity contribution in [1.82, 2.24) is 4.90 Å². The SMILES string of the molecule is C=CC[C@@H]1/C(=C/C(=O)OCc2ccccc2)CN(C(=O)OC(C)(C)C)[C@H]1C(=O)OC. The molecule has 2 rings (SSSR count). The lowest BCUT2D eigenvalue weighted by Gasteiger charge is -2.28. The number of rotatable bonds is 6. The van der Waals surface area contributed by atoms with Crippen molar-refractivity contribution in [1.29, 1.82) is 0 Å². The second-order valence-corrected chi connectivity index (χ2v) is 8.02. The third-order valence-electron chi connectivity index (χ3n) is 4.56. The van der Waals surface area contributed by atoms with Gasteiger partial charge in [0.1, 0.15) is 18.2 Å². The monoisotopic (exact) mass is 415 g/mol. The molecule has 0 radical (unpaired) electrons. The zero-order valence-electron chi connectivity index (χ0n) is 17.9. The summed E-state index contributed by atoms with van der Waals surface area (Å²) in [6.45, 7) is 9.16. The first-order chi connectivity index (χ1) is 14.2. The van der Waals surface area contributed by atoms with Gasteiger partial charge < -0.3 is 14.2 Å². The average molecular weight is 415 g/mol. The first-order valence-electron chi connectivity index (χ1n) is 9.75. The van der Waals surface area contributed by atoms with Crippen molar-refractivity contribution >= 4 is 18.0 Å². The molecule has 0 spiro atoms. The summed E-state index contributed by atoms with van der Waals surface area (Å²) in [6, 6.07) is 8.40. The summed E-state index contributed by atoms with van der Waals surface area (Å²) < 4.78 is 15.7. The van der Waals surface area contributed by atoms with E-state index in [1.165, 1.54) is 18.1 Å². The molecular formula is C23H29NO6. The van der Waals surface area contributed by atoms with Crippen molar-refractivity contribution < 1.29 is 28.6 Å². The lowest BCUT2D eigenvalue weighted by Crippen LogP contribution is -2.46. The number of esters is 2. The largest absolute Gasteiger partial charge is 0.467 e. The van der Waals surface area contributed by atoms with Crippen LogP contribution in [0.15, 0.2) is 54.6 Å². The molecule has 1 aliphatic heterocycles. The summed E-state index contributed by atoms with van der Waals surface area (Å²) in [6.07, 6.45) is 2.73. The second kappa shape index (κ2) is 10.1. The molecule has 1 aliphatic rings. The van der Waals surface area contributed by atoms with Gasteiger partial charge in [-0.3, -0.25) is 4.90 Å². The Kier molecular flexibility index (Phi) is 7.80. The number of likely N-dealkylation sites (tertiary alicyclic amines) is 1. The quantitative estimate of drug-likeness (QED) is 0.305. The summed E-state index contributed by atoms with van der Waals surface area (Å²) in [4.78, 5) is 38.9. The fourth-order valence-electron chi connectivity index (χ4n) is 3.28. The summed E-state index contributed by atoms with van der Waals surface area (Å²) in [5.74, 6) is -1.57. The Bertz CT molecular complexity index is 809. The van der Waals surface area contributed by atoms with Gasteiger partial charge in [0, 0.05) is 18.5 Å². The molecule has 2 atom stereocenters. The van der Waals surface area contributed by atoms with Gasteiger partial charge >= 0.3 is 18.0 Å². The van der Waals surface area contributed by atoms with E-state index >= 15 is 0 Å². The fourth-order valence-corrected chi connectivity index (χ4v) is 3.28. The molecule has 1 heterocycles. The van der Waals surface area contributed by atoms with Gasteiger partial charge in [0.05, 0.1) is 7.11 Å². The van der Waals surface area contributed by atoms with Crippen LogP contribution in [0.5, 0.6) is 0 Å². The predicted molar refractivity (Wildman–Crippen MR) is 111 cm³/mol. The van der Waals surface area contributed by atoms with E-state index in [1.807, 2.05) is 30.3 Å². The highest BCUT2D eigenvalue weighted by atomic mass is 16.6. The highest BCUT2D eigenvalue weighted by Gasteiger charge is 2.46. The van der Waals surface area contributed by atoms with Crippen molar-refractivity contribution in [3.8, 4) is 0 Å². The molecule has 162 valence electrons. The number of hydrogen-bond acceptors (Lipinski definition) is 6. The molecule has 7 heteroatoms. The van der Waals surface area contributed by atoms with Crippen LogP contribution >= 0.6 is 0 Å². The van der Waals surface area contributed by atoms with E-state index in [0.29, 0.717) is 12.0 Å². The van der Waals surface area contributed by atoms with E-state index in [9.17, 15) is 14.4 Å². The molecule has 0 unspecified atom stereocenters. The number of amides is 1. The van der Waals surface area contributed by atoms with Gasteiger partial charge in [-0.25, -0.2) is 14.4 Å². The van der Waals surface area contributed by atoms with Gasteiger partial charge in [0.2, 0.25) is 0 Å². The highest BCUT2D eigenvalue weighted by molar-refractivity contribution is 5.87. The van der Waals surface area contributed by atoms with Crippen LogP contribution in [0.2, 0.25) is 0 Å². The van der Waals surface area contributed by atoms with E-state index in [-0.39, 0.29) is 13.2 Å². The minimum absolute atomic E-state index is 0.0631. The Morgan fingerprint density at radius 1 is 1.20 bits per heavy atom. The molecule has 0 aromatic heterocycles. The zero-order valence-corrected chi connectivity index (χ0v) is 17.9. The first-order valence-corrected chi connectivity index (χ1v) is 9.75. The van der Waals surface area contributed by atoms with Gasteiger partial charge in [-0.1, -0.05) is 36.4 Å². The molecule has 0 saturated carbocycles. The van der Waals surface area contributed by atoms with E-state index in [2.05, 4.69) is 6.58 Å². The van der Waals surface area contributed by atoms with Crippen LogP contribution in [0.1, 0.15) is 32.8 Å². The Balaban J connectivity index is 2.24. The van der Waals surface area contributed by atoms with E-state index in [4.69, 9.17) is 14.2 Å². The van der Waals surface area contributed by atoms with Crippen LogP contribution in [-0.4, -0.2) is 48.2 Å². The third kappa shape index (κ3) is 6.20. The lowest BCUT2D eigenvalue weighted by atomic mass is 9.92. The number of carbonyl (C=O) groups excluding carboxylic acids is 3. The number of methoxy groups -OCH3 is 1. The number of hydrogen-bond donors (Lipinski definition) is 0. The van der Waals surface area contributed by atoms with Gasteiger partial charge in [0.25, 0.3) is 0 Å². The number of benzene rings is 1. The molecule has 0 N–H and O–H groups in total. The summed E-state index contributed by atoms with van der Waals surface area (Å²) in [5, 5.41) is 0. The molecular weight excluding hydrogens is 386 g/mol. The van der Waals surface area contributed by atoms with Crippen molar-refractivity contribution in [2.45, 2.75) is 45.4 Å². The first kappa shape index (κ1) is 23.2. The minimum atomic E-state index is -0.906. The molecule has 1 saturated heterocycles. The maximum atomic E-state index is 12.7. The van der Waals surface area contributed by atoms with Gasteiger partial charge in [-0.15, -0.1) is 6.58 Å². The molecule has 7 nitrogen and oxygen atoms in total. The summed E-state index contributed by atoms with van der Waals surface area (Å²) in [7, 11) is 1.26. The summed E-state index contributed by atoms with van der Waals surface area (Å²) >= 11 is 0. The topological polar surface area (TPSA) is 82.1 Å². The molecule has 1 amide bonds. The minimum Gasteiger partial charge on any atom is -0.467 e. The van der Waals surface area contributed by atoms with Crippen molar-refractivity contribution in [3.05, 3.63) is 60.2 Å². The predicted octanol–water partition coefficient (Wildman–Crippen LogP) is 3.64. The Morgan fingerprint density at radius 2 is 1.87 bits per heavy atom. The van der Waals surface area contributed by atoms with E-state index in [0.717, 1.165) is 5.56 Å². The third-order valence-corrected chi connectivity index (χ3v) is 4.56. The number of nitrogens with zero attached hydrogens (tertiary/aromatic N) is 1. The van der Waals surface area contributed by atoms with Crippen molar-refractivity contribution in [3.63, 3.8) is 0 Å². The normalized spacial score (nSPS) is 20.0. The van der Waals surface area contributed by atoms with Crippen LogP contribution in [0, 0.1) is 5.92 Å². The Labute approximate surface area is 177 Å². The zero-order chi connectivity index (χ0) is 22.3. The number of ether oxygens (including phenoxy) is 3. The van der Waals surface area contributed by atoms with Crippen molar-refractivity contribution in [2.24, 2.45) is 5.92 Å². The van der Waals surface area contributed by atoms with Crippen LogP contribution in [0.3, 0.4) is 0 Å². The van der Waals surface area contributed by atoms with Crippen LogP contribution in [0.4, 0.5) is 4.79 Å². The number of carbonyl (C=O) groups is 3. The van der Waals surface area contributed by atoms with Gasteiger partial charge in [0.15, 0.2) is 0 Å². The van der Waals surface area contributed by atoms with Gasteiger partial charge in [-0.05, 0) is 38.3 Å². The molecule has 0 bridgehead atoms. The molecule has 1 aromatic rings. The maximum Gasteiger partial charge on any atom is 0.411 e. The van der Waals surface area contributed by atoms with E-state index in [1.54, 1.807) is 26.8 Å². The average Bonchev–Trinajstić information content (AvgIpc) is 3.04. The smallest absolute Gasteiger partial charge is 0.411 e. The molecule has 0 aliphatic carbocycles. The van der Waals surface area contributed by atoms with Gasteiger partial charge in [-0.2, -0.15) is 0 Å². The van der Waals surface area contributed by atoms with E-state index < -0.39 is 35.6 Å². The lowest BCUT2D eigenvalue weighted by molar-refractivity contribution is -0.147. The highest BCUT2D eigenvalue weighted by Crippen LogP contribution is 2.34. The molecule has 1 aromatic carbocycles. The standard InChI is InChI=1S/C23H29NO6/c1-6-10-18-17(13-19(25)29-15-16-11-8-7-9-12-16)14-24(20(18)21(26)28-5)22(27)30-23(2,3)4/h6-9,11-13,18,20H,1,10,14-15H2,2-5H3/b17-13+/t18-,20-/m1/s1. The van der Waals surface area contributed by atoms with Crippen LogP contribution < -0.4 is 0 Å². The molecule has 1 fully saturated rings. The van der Waals surface area contributed by atoms with Crippen LogP contribution in [0.25, 0.3) is 0 Å². The Hall–Kier alpha value is -3.09. The summed E-state index contributed by atoms with van der Waals surface area (Å²) in [5.41, 5.74) is 0.725. The fraction of sp³-hybridized carbons (Fsp3) is 0.435.